The zero-order valence-electron chi connectivity index (χ0n) is 5.27. The van der Waals surface area contributed by atoms with Crippen LogP contribution in [0.1, 0.15) is 0 Å². The maximum atomic E-state index is 12.6. The van der Waals surface area contributed by atoms with Crippen LogP contribution in [0.3, 0.4) is 0 Å². The Hall–Kier alpha value is -0.350. The number of rotatable bonds is 0. The molecule has 0 radical (unpaired) electrons. The van der Waals surface area contributed by atoms with Gasteiger partial charge in [0.2, 0.25) is 0 Å². The van der Waals surface area contributed by atoms with Crippen LogP contribution in [0.25, 0.3) is 0 Å². The molecule has 0 aromatic heterocycles. The van der Waals surface area contributed by atoms with Crippen LogP contribution in [0.4, 0.5) is 14.5 Å². The van der Waals surface area contributed by atoms with Crippen molar-refractivity contribution in [2.75, 3.05) is 5.73 Å². The Kier molecular flexibility index (Phi) is 3.75. The fraction of sp³-hybridized carbons (Fsp3) is 0. The second-order valence-corrected chi connectivity index (χ2v) is 2.61. The highest BCUT2D eigenvalue weighted by Crippen LogP contribution is 2.22. The maximum absolute atomic E-state index is 12.6. The van der Waals surface area contributed by atoms with E-state index in [2.05, 4.69) is 15.9 Å². The molecule has 1 aromatic carbocycles. The number of benzene rings is 1. The van der Waals surface area contributed by atoms with Gasteiger partial charge in [0.1, 0.15) is 11.5 Å². The molecule has 0 bridgehead atoms. The van der Waals surface area contributed by atoms with E-state index in [4.69, 9.17) is 5.73 Å². The van der Waals surface area contributed by atoms with Crippen molar-refractivity contribution in [2.24, 2.45) is 0 Å². The van der Waals surface area contributed by atoms with Crippen LogP contribution in [0, 0.1) is 11.6 Å². The second-order valence-electron chi connectivity index (χ2n) is 1.76. The van der Waals surface area contributed by atoms with Crippen molar-refractivity contribution in [3.8, 4) is 0 Å². The van der Waals surface area contributed by atoms with Crippen molar-refractivity contribution in [1.29, 1.82) is 0 Å². The topological polar surface area (TPSA) is 26.0 Å². The molecule has 0 unspecified atom stereocenters. The van der Waals surface area contributed by atoms with Gasteiger partial charge in [-0.15, -0.1) is 12.4 Å². The molecular weight excluding hydrogens is 239 g/mol. The average Bonchev–Trinajstić information content (AvgIpc) is 1.93. The summed E-state index contributed by atoms with van der Waals surface area (Å²) >= 11 is 2.86. The molecule has 11 heavy (non-hydrogen) atoms. The number of anilines is 1. The van der Waals surface area contributed by atoms with Crippen molar-refractivity contribution in [3.05, 3.63) is 28.2 Å². The minimum atomic E-state index is -0.750. The van der Waals surface area contributed by atoms with Crippen molar-refractivity contribution in [1.82, 2.24) is 0 Å². The minimum Gasteiger partial charge on any atom is -0.394 e. The molecule has 62 valence electrons. The molecule has 0 aliphatic rings. The molecule has 2 N–H and O–H groups in total. The molecule has 0 aliphatic heterocycles. The molecule has 1 nitrogen and oxygen atoms in total. The van der Waals surface area contributed by atoms with Gasteiger partial charge in [0, 0.05) is 0 Å². The molecule has 0 heterocycles. The van der Waals surface area contributed by atoms with E-state index in [1.807, 2.05) is 0 Å². The van der Waals surface area contributed by atoms with Crippen molar-refractivity contribution < 1.29 is 8.78 Å². The third kappa shape index (κ3) is 2.04. The van der Waals surface area contributed by atoms with Crippen LogP contribution in [0.5, 0.6) is 0 Å². The summed E-state index contributed by atoms with van der Waals surface area (Å²) in [6.45, 7) is 0. The van der Waals surface area contributed by atoms with E-state index in [1.54, 1.807) is 0 Å². The van der Waals surface area contributed by atoms with Gasteiger partial charge in [0.25, 0.3) is 0 Å². The van der Waals surface area contributed by atoms with Gasteiger partial charge >= 0.3 is 0 Å². The minimum absolute atomic E-state index is 0. The predicted molar refractivity (Wildman–Crippen MR) is 45.7 cm³/mol. The summed E-state index contributed by atoms with van der Waals surface area (Å²) in [6.07, 6.45) is 0. The SMILES string of the molecule is Cl.Nc1c(F)ccc(Br)c1F. The molecule has 0 atom stereocenters. The van der Waals surface area contributed by atoms with E-state index < -0.39 is 17.3 Å². The van der Waals surface area contributed by atoms with Crippen molar-refractivity contribution >= 4 is 34.0 Å². The Morgan fingerprint density at radius 1 is 1.27 bits per heavy atom. The fourth-order valence-corrected chi connectivity index (χ4v) is 0.889. The number of nitrogen functional groups attached to an aromatic ring is 1. The maximum Gasteiger partial charge on any atom is 0.163 e. The van der Waals surface area contributed by atoms with Gasteiger partial charge in [0.05, 0.1) is 4.47 Å². The number of nitrogens with two attached hydrogens (primary N) is 1. The van der Waals surface area contributed by atoms with Gasteiger partial charge in [0.15, 0.2) is 5.82 Å². The molecule has 0 fully saturated rings. The normalized spacial score (nSPS) is 9.00. The molecule has 0 aliphatic carbocycles. The number of hydrogen-bond donors (Lipinski definition) is 1. The molecule has 0 saturated heterocycles. The van der Waals surface area contributed by atoms with Gasteiger partial charge in [-0.25, -0.2) is 8.78 Å². The first kappa shape index (κ1) is 10.7. The molecule has 5 heteroatoms. The average molecular weight is 244 g/mol. The van der Waals surface area contributed by atoms with Gasteiger partial charge < -0.3 is 5.73 Å². The van der Waals surface area contributed by atoms with Gasteiger partial charge in [-0.3, -0.25) is 0 Å². The Morgan fingerprint density at radius 2 is 1.82 bits per heavy atom. The summed E-state index contributed by atoms with van der Waals surface area (Å²) in [5.74, 6) is -1.49. The Labute approximate surface area is 77.1 Å². The molecule has 1 aromatic rings. The highest BCUT2D eigenvalue weighted by atomic mass is 79.9. The van der Waals surface area contributed by atoms with E-state index in [0.29, 0.717) is 0 Å². The lowest BCUT2D eigenvalue weighted by Gasteiger charge is -1.98. The summed E-state index contributed by atoms with van der Waals surface area (Å²) in [4.78, 5) is 0. The third-order valence-electron chi connectivity index (χ3n) is 1.08. The zero-order chi connectivity index (χ0) is 7.72. The smallest absolute Gasteiger partial charge is 0.163 e. The van der Waals surface area contributed by atoms with Crippen LogP contribution in [-0.4, -0.2) is 0 Å². The molecule has 0 amide bonds. The van der Waals surface area contributed by atoms with Crippen LogP contribution >= 0.6 is 28.3 Å². The summed E-state index contributed by atoms with van der Waals surface area (Å²) in [6, 6.07) is 2.36. The van der Waals surface area contributed by atoms with Gasteiger partial charge in [-0.2, -0.15) is 0 Å². The molecule has 0 spiro atoms. The summed E-state index contributed by atoms with van der Waals surface area (Å²) in [5.41, 5.74) is 4.55. The lowest BCUT2D eigenvalue weighted by Crippen LogP contribution is -1.95. The number of hydrogen-bond acceptors (Lipinski definition) is 1. The van der Waals surface area contributed by atoms with E-state index in [1.165, 1.54) is 6.07 Å². The third-order valence-corrected chi connectivity index (χ3v) is 1.69. The van der Waals surface area contributed by atoms with Crippen LogP contribution in [0.2, 0.25) is 0 Å². The predicted octanol–water partition coefficient (Wildman–Crippen LogP) is 2.73. The van der Waals surface area contributed by atoms with E-state index in [9.17, 15) is 8.78 Å². The summed E-state index contributed by atoms with van der Waals surface area (Å²) in [7, 11) is 0. The fourth-order valence-electron chi connectivity index (χ4n) is 0.543. The quantitative estimate of drug-likeness (QED) is 0.551. The van der Waals surface area contributed by atoms with Gasteiger partial charge in [-0.05, 0) is 28.1 Å². The molecule has 0 saturated carbocycles. The number of halogens is 4. The summed E-state index contributed by atoms with van der Waals surface area (Å²) in [5, 5.41) is 0. The Balaban J connectivity index is 0.000001000. The van der Waals surface area contributed by atoms with Crippen molar-refractivity contribution in [2.45, 2.75) is 0 Å². The standard InChI is InChI=1S/C6H4BrF2N.ClH/c7-3-1-2-4(8)6(10)5(3)9;/h1-2H,10H2;1H. The van der Waals surface area contributed by atoms with E-state index >= 15 is 0 Å². The lowest BCUT2D eigenvalue weighted by atomic mass is 10.3. The highest BCUT2D eigenvalue weighted by molar-refractivity contribution is 9.10. The largest absolute Gasteiger partial charge is 0.394 e. The lowest BCUT2D eigenvalue weighted by molar-refractivity contribution is 0.587. The molecular formula is C6H5BrClF2N. The van der Waals surface area contributed by atoms with E-state index in [-0.39, 0.29) is 16.9 Å². The zero-order valence-corrected chi connectivity index (χ0v) is 7.68. The van der Waals surface area contributed by atoms with Crippen molar-refractivity contribution in [3.63, 3.8) is 0 Å². The first-order valence-corrected chi connectivity index (χ1v) is 3.31. The highest BCUT2D eigenvalue weighted by Gasteiger charge is 2.06. The van der Waals surface area contributed by atoms with Crippen LogP contribution < -0.4 is 5.73 Å². The first-order valence-electron chi connectivity index (χ1n) is 2.52. The first-order chi connectivity index (χ1) is 4.63. The monoisotopic (exact) mass is 243 g/mol. The summed E-state index contributed by atoms with van der Waals surface area (Å²) < 4.78 is 25.1. The Bertz CT molecular complexity index is 240. The van der Waals surface area contributed by atoms with Gasteiger partial charge in [-0.1, -0.05) is 0 Å². The molecule has 1 rings (SSSR count). The van der Waals surface area contributed by atoms with Crippen LogP contribution in [-0.2, 0) is 0 Å². The van der Waals surface area contributed by atoms with Crippen LogP contribution in [0.15, 0.2) is 16.6 Å². The van der Waals surface area contributed by atoms with E-state index in [0.717, 1.165) is 6.07 Å². The second kappa shape index (κ2) is 3.88. The Morgan fingerprint density at radius 3 is 2.27 bits per heavy atom.